The van der Waals surface area contributed by atoms with Crippen LogP contribution < -0.4 is 15.2 Å². The maximum Gasteiger partial charge on any atom is 0.273 e. The fourth-order valence-corrected chi connectivity index (χ4v) is 3.20. The van der Waals surface area contributed by atoms with Crippen molar-refractivity contribution in [2.45, 2.75) is 39.8 Å². The molecule has 0 bridgehead atoms. The molecule has 1 aromatic heterocycles. The van der Waals surface area contributed by atoms with Crippen molar-refractivity contribution in [3.63, 3.8) is 0 Å². The summed E-state index contributed by atoms with van der Waals surface area (Å²) < 4.78 is 11.1. The molecule has 0 saturated heterocycles. The summed E-state index contributed by atoms with van der Waals surface area (Å²) in [5.41, 5.74) is 7.04. The number of carbonyl (C=O) groups excluding carboxylic acids is 1. The monoisotopic (exact) mass is 377 g/mol. The Morgan fingerprint density at radius 1 is 1.27 bits per heavy atom. The Balaban J connectivity index is 2.16. The summed E-state index contributed by atoms with van der Waals surface area (Å²) in [6.45, 7) is 6.25. The van der Waals surface area contributed by atoms with E-state index in [0.29, 0.717) is 37.7 Å². The van der Waals surface area contributed by atoms with Crippen molar-refractivity contribution in [2.75, 3.05) is 20.3 Å². The van der Waals surface area contributed by atoms with E-state index in [0.717, 1.165) is 29.2 Å². The highest BCUT2D eigenvalue weighted by Crippen LogP contribution is 2.29. The molecule has 0 aliphatic rings. The Labute approximate surface area is 158 Å². The molecule has 0 fully saturated rings. The zero-order chi connectivity index (χ0) is 18.9. The van der Waals surface area contributed by atoms with Crippen LogP contribution in [0.1, 0.15) is 47.7 Å². The van der Waals surface area contributed by atoms with E-state index < -0.39 is 0 Å². The van der Waals surface area contributed by atoms with Gasteiger partial charge in [0.25, 0.3) is 5.91 Å². The average Bonchev–Trinajstić information content (AvgIpc) is 3.15. The zero-order valence-corrected chi connectivity index (χ0v) is 16.5. The van der Waals surface area contributed by atoms with E-state index in [9.17, 15) is 4.79 Å². The first-order valence-corrected chi connectivity index (χ1v) is 9.74. The van der Waals surface area contributed by atoms with Gasteiger partial charge in [-0.3, -0.25) is 4.79 Å². The highest BCUT2D eigenvalue weighted by atomic mass is 32.1. The standard InChI is InChI=1S/C19H27N3O3S/c1-4-8-22(19(23)15-13-26-18(11-20)21-15)12-14-6-7-16(25-9-5-2)17(10-14)24-3/h6-7,10,13H,4-5,8-9,11-12,20H2,1-3H3. The van der Waals surface area contributed by atoms with Gasteiger partial charge >= 0.3 is 0 Å². The van der Waals surface area contributed by atoms with Crippen LogP contribution in [0.3, 0.4) is 0 Å². The van der Waals surface area contributed by atoms with Gasteiger partial charge in [0, 0.05) is 25.0 Å². The second-order valence-corrected chi connectivity index (χ2v) is 6.83. The van der Waals surface area contributed by atoms with Crippen molar-refractivity contribution >= 4 is 17.2 Å². The number of methoxy groups -OCH3 is 1. The van der Waals surface area contributed by atoms with Crippen molar-refractivity contribution in [2.24, 2.45) is 5.73 Å². The van der Waals surface area contributed by atoms with Crippen molar-refractivity contribution in [1.29, 1.82) is 0 Å². The summed E-state index contributed by atoms with van der Waals surface area (Å²) >= 11 is 1.42. The summed E-state index contributed by atoms with van der Waals surface area (Å²) in [5, 5.41) is 2.54. The summed E-state index contributed by atoms with van der Waals surface area (Å²) in [4.78, 5) is 18.9. The third-order valence-corrected chi connectivity index (χ3v) is 4.66. The minimum atomic E-state index is -0.0759. The molecule has 2 N–H and O–H groups in total. The van der Waals surface area contributed by atoms with Crippen LogP contribution in [0.4, 0.5) is 0 Å². The van der Waals surface area contributed by atoms with E-state index in [1.54, 1.807) is 17.4 Å². The highest BCUT2D eigenvalue weighted by molar-refractivity contribution is 7.09. The Hall–Kier alpha value is -2.12. The maximum absolute atomic E-state index is 12.8. The van der Waals surface area contributed by atoms with Crippen LogP contribution in [0.15, 0.2) is 23.6 Å². The summed E-state index contributed by atoms with van der Waals surface area (Å²) in [6, 6.07) is 5.79. The lowest BCUT2D eigenvalue weighted by molar-refractivity contribution is 0.0737. The van der Waals surface area contributed by atoms with Crippen molar-refractivity contribution in [3.8, 4) is 11.5 Å². The molecule has 0 radical (unpaired) electrons. The fraction of sp³-hybridized carbons (Fsp3) is 0.474. The molecule has 6 nitrogen and oxygen atoms in total. The fourth-order valence-electron chi connectivity index (χ4n) is 2.55. The molecule has 0 aliphatic carbocycles. The van der Waals surface area contributed by atoms with Crippen molar-refractivity contribution < 1.29 is 14.3 Å². The summed E-state index contributed by atoms with van der Waals surface area (Å²) in [7, 11) is 1.62. The van der Waals surface area contributed by atoms with Crippen LogP contribution in [0, 0.1) is 0 Å². The van der Waals surface area contributed by atoms with E-state index in [2.05, 4.69) is 18.8 Å². The molecule has 0 spiro atoms. The lowest BCUT2D eigenvalue weighted by Crippen LogP contribution is -2.31. The van der Waals surface area contributed by atoms with E-state index in [1.807, 2.05) is 18.2 Å². The number of carbonyl (C=O) groups is 1. The molecule has 0 saturated carbocycles. The SMILES string of the molecule is CCCOc1ccc(CN(CCC)C(=O)c2csc(CN)n2)cc1OC. The van der Waals surface area contributed by atoms with Gasteiger partial charge in [0.15, 0.2) is 11.5 Å². The maximum atomic E-state index is 12.8. The predicted octanol–water partition coefficient (Wildman–Crippen LogP) is 3.45. The molecular weight excluding hydrogens is 350 g/mol. The second-order valence-electron chi connectivity index (χ2n) is 5.89. The van der Waals surface area contributed by atoms with E-state index in [1.165, 1.54) is 11.3 Å². The van der Waals surface area contributed by atoms with Gasteiger partial charge in [0.05, 0.1) is 13.7 Å². The van der Waals surface area contributed by atoms with Crippen LogP contribution >= 0.6 is 11.3 Å². The molecule has 1 heterocycles. The van der Waals surface area contributed by atoms with Gasteiger partial charge in [-0.15, -0.1) is 11.3 Å². The van der Waals surface area contributed by atoms with Crippen LogP contribution in [0.25, 0.3) is 0 Å². The van der Waals surface area contributed by atoms with E-state index in [-0.39, 0.29) is 5.91 Å². The zero-order valence-electron chi connectivity index (χ0n) is 15.7. The molecule has 0 atom stereocenters. The third kappa shape index (κ3) is 5.19. The second kappa shape index (κ2) is 10.1. The molecule has 0 unspecified atom stereocenters. The molecule has 7 heteroatoms. The topological polar surface area (TPSA) is 77.7 Å². The minimum absolute atomic E-state index is 0.0759. The molecule has 1 amide bonds. The number of hydrogen-bond acceptors (Lipinski definition) is 6. The lowest BCUT2D eigenvalue weighted by atomic mass is 10.1. The predicted molar refractivity (Wildman–Crippen MR) is 104 cm³/mol. The van der Waals surface area contributed by atoms with E-state index in [4.69, 9.17) is 15.2 Å². The smallest absolute Gasteiger partial charge is 0.273 e. The Bertz CT molecular complexity index is 718. The third-order valence-electron chi connectivity index (χ3n) is 3.79. The van der Waals surface area contributed by atoms with Crippen molar-refractivity contribution in [3.05, 3.63) is 39.8 Å². The normalized spacial score (nSPS) is 10.6. The number of aromatic nitrogens is 1. The number of nitrogens with zero attached hydrogens (tertiary/aromatic N) is 2. The Morgan fingerprint density at radius 3 is 2.69 bits per heavy atom. The first-order valence-electron chi connectivity index (χ1n) is 8.86. The molecule has 142 valence electrons. The highest BCUT2D eigenvalue weighted by Gasteiger charge is 2.19. The molecule has 0 aliphatic heterocycles. The van der Waals surface area contributed by atoms with Crippen LogP contribution in [0.5, 0.6) is 11.5 Å². The van der Waals surface area contributed by atoms with Crippen LogP contribution in [-0.2, 0) is 13.1 Å². The number of nitrogens with two attached hydrogens (primary N) is 1. The molecule has 26 heavy (non-hydrogen) atoms. The number of rotatable bonds is 10. The molecule has 1 aromatic carbocycles. The first-order chi connectivity index (χ1) is 12.6. The van der Waals surface area contributed by atoms with E-state index >= 15 is 0 Å². The van der Waals surface area contributed by atoms with Crippen molar-refractivity contribution in [1.82, 2.24) is 9.88 Å². The molecule has 2 rings (SSSR count). The Kier molecular flexibility index (Phi) is 7.87. The van der Waals surface area contributed by atoms with Gasteiger partial charge in [-0.1, -0.05) is 19.9 Å². The number of benzene rings is 1. The van der Waals surface area contributed by atoms with Gasteiger partial charge in [0.1, 0.15) is 10.7 Å². The first kappa shape index (κ1) is 20.2. The van der Waals surface area contributed by atoms with Crippen LogP contribution in [0.2, 0.25) is 0 Å². The average molecular weight is 378 g/mol. The summed E-state index contributed by atoms with van der Waals surface area (Å²) in [5.74, 6) is 1.32. The quantitative estimate of drug-likeness (QED) is 0.686. The van der Waals surface area contributed by atoms with Gasteiger partial charge in [-0.25, -0.2) is 4.98 Å². The summed E-state index contributed by atoms with van der Waals surface area (Å²) in [6.07, 6.45) is 1.80. The van der Waals surface area contributed by atoms with Crippen LogP contribution in [-0.4, -0.2) is 36.1 Å². The molecular formula is C19H27N3O3S. The Morgan fingerprint density at radius 2 is 2.08 bits per heavy atom. The molecule has 2 aromatic rings. The lowest BCUT2D eigenvalue weighted by Gasteiger charge is -2.22. The largest absolute Gasteiger partial charge is 0.493 e. The number of ether oxygens (including phenoxy) is 2. The van der Waals surface area contributed by atoms with Gasteiger partial charge in [-0.2, -0.15) is 0 Å². The van der Waals surface area contributed by atoms with Gasteiger partial charge < -0.3 is 20.1 Å². The van der Waals surface area contributed by atoms with Gasteiger partial charge in [0.2, 0.25) is 0 Å². The van der Waals surface area contributed by atoms with Gasteiger partial charge in [-0.05, 0) is 30.5 Å². The number of amides is 1. The minimum Gasteiger partial charge on any atom is -0.493 e. The number of thiazole rings is 1. The number of hydrogen-bond donors (Lipinski definition) is 1.